The molecule has 1 aromatic rings. The zero-order chi connectivity index (χ0) is 13.3. The molecule has 0 N–H and O–H groups in total. The molecule has 0 fully saturated rings. The first-order chi connectivity index (χ1) is 9.42. The van der Waals surface area contributed by atoms with Gasteiger partial charge < -0.3 is 4.89 Å². The van der Waals surface area contributed by atoms with E-state index >= 15 is 0 Å². The number of fused-ring (bicyclic) bond motifs is 1. The second kappa shape index (κ2) is 8.21. The van der Waals surface area contributed by atoms with Crippen molar-refractivity contribution in [2.45, 2.75) is 64.7 Å². The summed E-state index contributed by atoms with van der Waals surface area (Å²) in [5.74, 6) is 0.986. The summed E-state index contributed by atoms with van der Waals surface area (Å²) in [6, 6.07) is 6.46. The molecule has 1 aliphatic heterocycles. The molecule has 0 radical (unpaired) electrons. The molecule has 0 aliphatic carbocycles. The monoisotopic (exact) mass is 262 g/mol. The van der Waals surface area contributed by atoms with Crippen LogP contribution in [0.1, 0.15) is 63.0 Å². The number of hydrogen-bond acceptors (Lipinski definition) is 2. The predicted molar refractivity (Wildman–Crippen MR) is 78.4 cm³/mol. The Morgan fingerprint density at radius 3 is 2.63 bits per heavy atom. The minimum absolute atomic E-state index is 0.674. The van der Waals surface area contributed by atoms with Crippen molar-refractivity contribution >= 4 is 0 Å². The molecule has 0 unspecified atom stereocenters. The van der Waals surface area contributed by atoms with E-state index in [-0.39, 0.29) is 0 Å². The summed E-state index contributed by atoms with van der Waals surface area (Å²) in [4.78, 5) is 10.5. The first-order valence-electron chi connectivity index (χ1n) is 7.82. The van der Waals surface area contributed by atoms with Crippen LogP contribution >= 0.6 is 0 Å². The maximum absolute atomic E-state index is 5.36. The molecule has 0 atom stereocenters. The van der Waals surface area contributed by atoms with E-state index in [0.717, 1.165) is 18.6 Å². The Morgan fingerprint density at radius 2 is 1.79 bits per heavy atom. The molecule has 0 amide bonds. The lowest BCUT2D eigenvalue weighted by Crippen LogP contribution is -2.12. The van der Waals surface area contributed by atoms with Gasteiger partial charge in [-0.15, -0.1) is 0 Å². The van der Waals surface area contributed by atoms with Crippen molar-refractivity contribution in [1.82, 2.24) is 0 Å². The Bertz CT molecular complexity index is 374. The smallest absolute Gasteiger partial charge is 0.171 e. The van der Waals surface area contributed by atoms with Gasteiger partial charge >= 0.3 is 0 Å². The Hall–Kier alpha value is -1.02. The fourth-order valence-electron chi connectivity index (χ4n) is 2.66. The molecule has 0 spiro atoms. The number of aryl methyl sites for hydroxylation is 1. The van der Waals surface area contributed by atoms with Gasteiger partial charge in [-0.1, -0.05) is 63.6 Å². The topological polar surface area (TPSA) is 18.5 Å². The van der Waals surface area contributed by atoms with Crippen LogP contribution in [0.4, 0.5) is 0 Å². The van der Waals surface area contributed by atoms with Gasteiger partial charge in [0.05, 0.1) is 6.61 Å². The summed E-state index contributed by atoms with van der Waals surface area (Å²) in [6.45, 7) is 2.94. The lowest BCUT2D eigenvalue weighted by molar-refractivity contribution is -0.215. The molecule has 106 valence electrons. The first-order valence-corrected chi connectivity index (χ1v) is 7.82. The van der Waals surface area contributed by atoms with Gasteiger partial charge in [0.2, 0.25) is 0 Å². The fourth-order valence-corrected chi connectivity index (χ4v) is 2.66. The molecule has 19 heavy (non-hydrogen) atoms. The first kappa shape index (κ1) is 14.4. The zero-order valence-electron chi connectivity index (χ0n) is 12.1. The molecule has 0 saturated carbocycles. The van der Waals surface area contributed by atoms with Crippen LogP contribution in [-0.2, 0) is 17.7 Å². The quantitative estimate of drug-likeness (QED) is 0.492. The zero-order valence-corrected chi connectivity index (χ0v) is 12.1. The van der Waals surface area contributed by atoms with E-state index in [0.29, 0.717) is 6.61 Å². The highest BCUT2D eigenvalue weighted by Crippen LogP contribution is 2.29. The third-order valence-corrected chi connectivity index (χ3v) is 3.82. The van der Waals surface area contributed by atoms with Gasteiger partial charge in [0, 0.05) is 12.0 Å². The van der Waals surface area contributed by atoms with Crippen LogP contribution in [-0.4, -0.2) is 6.61 Å². The largest absolute Gasteiger partial charge is 0.337 e. The second-order valence-electron chi connectivity index (χ2n) is 5.43. The lowest BCUT2D eigenvalue weighted by Gasteiger charge is -2.18. The maximum atomic E-state index is 5.36. The summed E-state index contributed by atoms with van der Waals surface area (Å²) >= 11 is 0. The van der Waals surface area contributed by atoms with Crippen molar-refractivity contribution in [2.24, 2.45) is 0 Å². The van der Waals surface area contributed by atoms with Gasteiger partial charge in [0.1, 0.15) is 0 Å². The van der Waals surface area contributed by atoms with Crippen LogP contribution in [0.5, 0.6) is 5.75 Å². The van der Waals surface area contributed by atoms with Gasteiger partial charge in [0.25, 0.3) is 0 Å². The molecule has 0 bridgehead atoms. The van der Waals surface area contributed by atoms with Crippen molar-refractivity contribution in [3.05, 3.63) is 29.3 Å². The average molecular weight is 262 g/mol. The molecule has 1 aliphatic rings. The Kier molecular flexibility index (Phi) is 6.22. The molecule has 2 heteroatoms. The summed E-state index contributed by atoms with van der Waals surface area (Å²) in [6.07, 6.45) is 11.5. The second-order valence-corrected chi connectivity index (χ2v) is 5.43. The van der Waals surface area contributed by atoms with E-state index in [1.807, 2.05) is 0 Å². The van der Waals surface area contributed by atoms with Crippen LogP contribution < -0.4 is 4.89 Å². The summed E-state index contributed by atoms with van der Waals surface area (Å²) in [5.41, 5.74) is 2.61. The van der Waals surface area contributed by atoms with Crippen LogP contribution in [0.3, 0.4) is 0 Å². The minimum atomic E-state index is 0.674. The van der Waals surface area contributed by atoms with E-state index in [9.17, 15) is 0 Å². The molecule has 0 saturated heterocycles. The molecule has 2 rings (SSSR count). The van der Waals surface area contributed by atoms with Crippen molar-refractivity contribution in [1.29, 1.82) is 0 Å². The molecule has 1 aromatic carbocycles. The normalized spacial score (nSPS) is 13.9. The SMILES string of the molecule is CCCCCCCCCc1cccc2c1OOCC2. The van der Waals surface area contributed by atoms with E-state index in [2.05, 4.69) is 25.1 Å². The van der Waals surface area contributed by atoms with Crippen LogP contribution in [0.25, 0.3) is 0 Å². The average Bonchev–Trinajstić information content (AvgIpc) is 2.46. The number of unbranched alkanes of at least 4 members (excludes halogenated alkanes) is 6. The van der Waals surface area contributed by atoms with Crippen molar-refractivity contribution < 1.29 is 9.78 Å². The lowest BCUT2D eigenvalue weighted by atomic mass is 10.0. The highest BCUT2D eigenvalue weighted by molar-refractivity contribution is 5.42. The van der Waals surface area contributed by atoms with Gasteiger partial charge in [-0.05, 0) is 18.4 Å². The van der Waals surface area contributed by atoms with Crippen molar-refractivity contribution in [2.75, 3.05) is 6.61 Å². The molecule has 2 nitrogen and oxygen atoms in total. The number of hydrogen-bond donors (Lipinski definition) is 0. The highest BCUT2D eigenvalue weighted by atomic mass is 17.2. The fraction of sp³-hybridized carbons (Fsp3) is 0.647. The number of rotatable bonds is 8. The molecular formula is C17H26O2. The molecule has 1 heterocycles. The van der Waals surface area contributed by atoms with Gasteiger partial charge in [-0.3, -0.25) is 0 Å². The number of para-hydroxylation sites is 1. The number of benzene rings is 1. The van der Waals surface area contributed by atoms with E-state index in [1.54, 1.807) is 0 Å². The Balaban J connectivity index is 1.71. The Labute approximate surface area is 117 Å². The maximum Gasteiger partial charge on any atom is 0.171 e. The van der Waals surface area contributed by atoms with Crippen molar-refractivity contribution in [3.8, 4) is 5.75 Å². The Morgan fingerprint density at radius 1 is 1.00 bits per heavy atom. The summed E-state index contributed by atoms with van der Waals surface area (Å²) in [5, 5.41) is 0. The van der Waals surface area contributed by atoms with Gasteiger partial charge in [-0.2, -0.15) is 4.89 Å². The summed E-state index contributed by atoms with van der Waals surface area (Å²) < 4.78 is 0. The van der Waals surface area contributed by atoms with Crippen LogP contribution in [0.15, 0.2) is 18.2 Å². The highest BCUT2D eigenvalue weighted by Gasteiger charge is 2.15. The van der Waals surface area contributed by atoms with Crippen LogP contribution in [0, 0.1) is 0 Å². The minimum Gasteiger partial charge on any atom is -0.337 e. The molecular weight excluding hydrogens is 236 g/mol. The third kappa shape index (κ3) is 4.54. The summed E-state index contributed by atoms with van der Waals surface area (Å²) in [7, 11) is 0. The van der Waals surface area contributed by atoms with Gasteiger partial charge in [0.15, 0.2) is 5.75 Å². The van der Waals surface area contributed by atoms with E-state index in [4.69, 9.17) is 9.78 Å². The predicted octanol–water partition coefficient (Wildman–Crippen LogP) is 4.85. The standard InChI is InChI=1S/C17H26O2/c1-2-3-4-5-6-7-8-10-15-11-9-12-16-13-14-18-19-17(15)16/h9,11-12H,2-8,10,13-14H2,1H3. The van der Waals surface area contributed by atoms with Crippen molar-refractivity contribution in [3.63, 3.8) is 0 Å². The van der Waals surface area contributed by atoms with Gasteiger partial charge in [-0.25, -0.2) is 0 Å². The van der Waals surface area contributed by atoms with E-state index < -0.39 is 0 Å². The molecule has 0 aromatic heterocycles. The third-order valence-electron chi connectivity index (χ3n) is 3.82. The van der Waals surface area contributed by atoms with E-state index in [1.165, 1.54) is 56.1 Å². The van der Waals surface area contributed by atoms with Crippen LogP contribution in [0.2, 0.25) is 0 Å².